The minimum absolute atomic E-state index is 0.897. The number of hydrogen-bond donors (Lipinski definition) is 0. The number of hydrogen-bond acceptors (Lipinski definition) is 3. The maximum absolute atomic E-state index is 5.05. The summed E-state index contributed by atoms with van der Waals surface area (Å²) >= 11 is 0. The lowest BCUT2D eigenvalue weighted by Gasteiger charge is -2.32. The molecule has 5 rings (SSSR count). The third-order valence-electron chi connectivity index (χ3n) is 5.36. The van der Waals surface area contributed by atoms with Crippen molar-refractivity contribution in [2.75, 3.05) is 33.2 Å². The number of aromatic nitrogens is 2. The quantitative estimate of drug-likeness (QED) is 0.563. The molecule has 4 aromatic rings. The second-order valence-corrected chi connectivity index (χ2v) is 7.05. The molecule has 0 atom stereocenters. The van der Waals surface area contributed by atoms with Crippen LogP contribution in [0.3, 0.4) is 0 Å². The lowest BCUT2D eigenvalue weighted by atomic mass is 10.2. The smallest absolute Gasteiger partial charge is 0.128 e. The van der Waals surface area contributed by atoms with Crippen molar-refractivity contribution in [1.82, 2.24) is 19.2 Å². The molecule has 1 aliphatic rings. The van der Waals surface area contributed by atoms with Crippen LogP contribution in [0.1, 0.15) is 5.82 Å². The first-order valence-electron chi connectivity index (χ1n) is 8.98. The Morgan fingerprint density at radius 1 is 0.880 bits per heavy atom. The predicted molar refractivity (Wildman–Crippen MR) is 103 cm³/mol. The summed E-state index contributed by atoms with van der Waals surface area (Å²) in [6, 6.07) is 19.4. The van der Waals surface area contributed by atoms with Crippen LogP contribution in [0.15, 0.2) is 54.6 Å². The summed E-state index contributed by atoms with van der Waals surface area (Å²) in [5.41, 5.74) is 3.60. The van der Waals surface area contributed by atoms with Crippen LogP contribution < -0.4 is 0 Å². The van der Waals surface area contributed by atoms with Crippen molar-refractivity contribution in [2.45, 2.75) is 6.54 Å². The molecule has 2 aromatic carbocycles. The van der Waals surface area contributed by atoms with E-state index in [-0.39, 0.29) is 0 Å². The highest BCUT2D eigenvalue weighted by Gasteiger charge is 2.18. The van der Waals surface area contributed by atoms with Crippen molar-refractivity contribution in [3.63, 3.8) is 0 Å². The number of rotatable bonds is 2. The number of likely N-dealkylation sites (N-methyl/N-ethyl adjacent to an activating group) is 1. The van der Waals surface area contributed by atoms with Gasteiger partial charge >= 0.3 is 0 Å². The summed E-state index contributed by atoms with van der Waals surface area (Å²) in [6.45, 7) is 5.36. The third kappa shape index (κ3) is 2.49. The monoisotopic (exact) mass is 330 g/mol. The van der Waals surface area contributed by atoms with Gasteiger partial charge in [0.1, 0.15) is 5.82 Å². The maximum atomic E-state index is 5.05. The molecule has 0 radical (unpaired) electrons. The molecule has 0 spiro atoms. The van der Waals surface area contributed by atoms with E-state index in [0.717, 1.165) is 44.1 Å². The van der Waals surface area contributed by atoms with Crippen molar-refractivity contribution in [1.29, 1.82) is 0 Å². The zero-order valence-corrected chi connectivity index (χ0v) is 14.5. The first-order chi connectivity index (χ1) is 12.3. The minimum Gasteiger partial charge on any atom is -0.304 e. The number of fused-ring (bicyclic) bond motifs is 5. The van der Waals surface area contributed by atoms with Crippen LogP contribution in [0.5, 0.6) is 0 Å². The highest BCUT2D eigenvalue weighted by Crippen LogP contribution is 2.28. The molecule has 25 heavy (non-hydrogen) atoms. The van der Waals surface area contributed by atoms with Crippen molar-refractivity contribution < 1.29 is 0 Å². The van der Waals surface area contributed by atoms with E-state index in [9.17, 15) is 0 Å². The summed E-state index contributed by atoms with van der Waals surface area (Å²) in [5, 5.41) is 2.50. The highest BCUT2D eigenvalue weighted by molar-refractivity contribution is 6.00. The van der Waals surface area contributed by atoms with Crippen molar-refractivity contribution in [2.24, 2.45) is 0 Å². The van der Waals surface area contributed by atoms with Gasteiger partial charge in [-0.2, -0.15) is 0 Å². The molecule has 3 heterocycles. The third-order valence-corrected chi connectivity index (χ3v) is 5.36. The van der Waals surface area contributed by atoms with Gasteiger partial charge in [0.05, 0.1) is 23.1 Å². The second-order valence-electron chi connectivity index (χ2n) is 7.05. The van der Waals surface area contributed by atoms with Crippen LogP contribution in [0.4, 0.5) is 0 Å². The van der Waals surface area contributed by atoms with Crippen LogP contribution in [0.2, 0.25) is 0 Å². The summed E-state index contributed by atoms with van der Waals surface area (Å²) in [4.78, 5) is 9.96. The van der Waals surface area contributed by atoms with Crippen molar-refractivity contribution in [3.05, 3.63) is 60.4 Å². The summed E-state index contributed by atoms with van der Waals surface area (Å²) in [5.74, 6) is 1.14. The molecule has 126 valence electrons. The normalized spacial score (nSPS) is 17.0. The molecule has 1 aliphatic heterocycles. The number of para-hydroxylation sites is 2. The second kappa shape index (κ2) is 5.83. The van der Waals surface area contributed by atoms with E-state index in [1.54, 1.807) is 0 Å². The van der Waals surface area contributed by atoms with Gasteiger partial charge in [-0.15, -0.1) is 0 Å². The summed E-state index contributed by atoms with van der Waals surface area (Å²) in [6.07, 6.45) is 0. The Bertz CT molecular complexity index is 1060. The average molecular weight is 330 g/mol. The molecule has 4 heteroatoms. The molecule has 2 aromatic heterocycles. The Hall–Kier alpha value is -2.43. The topological polar surface area (TPSA) is 23.8 Å². The number of nitrogens with zero attached hydrogens (tertiary/aromatic N) is 4. The van der Waals surface area contributed by atoms with Crippen LogP contribution in [0.25, 0.3) is 27.3 Å². The Morgan fingerprint density at radius 3 is 2.52 bits per heavy atom. The maximum Gasteiger partial charge on any atom is 0.128 e. The van der Waals surface area contributed by atoms with E-state index in [2.05, 4.69) is 75.8 Å². The molecule has 1 fully saturated rings. The van der Waals surface area contributed by atoms with Gasteiger partial charge in [-0.1, -0.05) is 36.4 Å². The predicted octanol–water partition coefficient (Wildman–Crippen LogP) is 3.39. The van der Waals surface area contributed by atoms with Gasteiger partial charge in [0.2, 0.25) is 0 Å². The van der Waals surface area contributed by atoms with E-state index >= 15 is 0 Å². The van der Waals surface area contributed by atoms with E-state index in [4.69, 9.17) is 4.98 Å². The molecule has 0 aliphatic carbocycles. The van der Waals surface area contributed by atoms with Gasteiger partial charge in [0.25, 0.3) is 0 Å². The van der Waals surface area contributed by atoms with Gasteiger partial charge in [0, 0.05) is 37.0 Å². The van der Waals surface area contributed by atoms with Gasteiger partial charge in [-0.25, -0.2) is 4.98 Å². The Morgan fingerprint density at radius 2 is 1.64 bits per heavy atom. The number of piperazine rings is 1. The SMILES string of the molecule is CN1CCN(Cc2nc3ccccc3c3cc4ccccc4n23)CC1. The standard InChI is InChI=1S/C21H22N4/c1-23-10-12-24(13-11-23)15-21-22-18-8-4-3-7-17(18)20-14-16-6-2-5-9-19(16)25(20)21/h2-9,14H,10-13,15H2,1H3. The van der Waals surface area contributed by atoms with E-state index in [0.29, 0.717) is 0 Å². The lowest BCUT2D eigenvalue weighted by Crippen LogP contribution is -2.44. The largest absolute Gasteiger partial charge is 0.304 e. The summed E-state index contributed by atoms with van der Waals surface area (Å²) < 4.78 is 2.36. The molecular weight excluding hydrogens is 308 g/mol. The van der Waals surface area contributed by atoms with Crippen molar-refractivity contribution >= 4 is 27.3 Å². The van der Waals surface area contributed by atoms with Gasteiger partial charge < -0.3 is 4.90 Å². The number of benzene rings is 2. The van der Waals surface area contributed by atoms with Crippen molar-refractivity contribution in [3.8, 4) is 0 Å². The average Bonchev–Trinajstić information content (AvgIpc) is 3.04. The fraction of sp³-hybridized carbons (Fsp3) is 0.286. The molecule has 0 saturated carbocycles. The Labute approximate surface area is 147 Å². The zero-order chi connectivity index (χ0) is 16.8. The molecule has 0 N–H and O–H groups in total. The molecule has 1 saturated heterocycles. The van der Waals surface area contributed by atoms with E-state index in [1.165, 1.54) is 21.8 Å². The molecule has 0 amide bonds. The molecule has 4 nitrogen and oxygen atoms in total. The van der Waals surface area contributed by atoms with Gasteiger partial charge in [0.15, 0.2) is 0 Å². The van der Waals surface area contributed by atoms with E-state index in [1.807, 2.05) is 0 Å². The van der Waals surface area contributed by atoms with Gasteiger partial charge in [-0.3, -0.25) is 9.30 Å². The summed E-state index contributed by atoms with van der Waals surface area (Å²) in [7, 11) is 2.20. The molecule has 0 unspecified atom stereocenters. The zero-order valence-electron chi connectivity index (χ0n) is 14.5. The Kier molecular flexibility index (Phi) is 3.47. The highest BCUT2D eigenvalue weighted by atomic mass is 15.3. The van der Waals surface area contributed by atoms with Crippen LogP contribution in [-0.2, 0) is 6.54 Å². The fourth-order valence-corrected chi connectivity index (χ4v) is 3.92. The minimum atomic E-state index is 0.897. The van der Waals surface area contributed by atoms with Crippen LogP contribution in [0, 0.1) is 0 Å². The fourth-order valence-electron chi connectivity index (χ4n) is 3.92. The van der Waals surface area contributed by atoms with Crippen LogP contribution >= 0.6 is 0 Å². The molecule has 0 bridgehead atoms. The van der Waals surface area contributed by atoms with E-state index < -0.39 is 0 Å². The molecular formula is C21H22N4. The first-order valence-corrected chi connectivity index (χ1v) is 8.98. The first kappa shape index (κ1) is 14.9. The Balaban J connectivity index is 1.72. The van der Waals surface area contributed by atoms with Gasteiger partial charge in [-0.05, 0) is 25.2 Å². The lowest BCUT2D eigenvalue weighted by molar-refractivity contribution is 0.145. The van der Waals surface area contributed by atoms with Crippen LogP contribution in [-0.4, -0.2) is 52.4 Å².